The van der Waals surface area contributed by atoms with E-state index >= 15 is 0 Å². The molecule has 2 aliphatic rings. The van der Waals surface area contributed by atoms with Crippen molar-refractivity contribution in [3.05, 3.63) is 28.2 Å². The van der Waals surface area contributed by atoms with Crippen molar-refractivity contribution >= 4 is 27.5 Å². The van der Waals surface area contributed by atoms with Gasteiger partial charge in [0.25, 0.3) is 5.91 Å². The molecule has 0 bridgehead atoms. The quantitative estimate of drug-likeness (QED) is 0.811. The molecule has 1 heterocycles. The van der Waals surface area contributed by atoms with E-state index in [4.69, 9.17) is 5.73 Å². The van der Waals surface area contributed by atoms with Crippen molar-refractivity contribution in [3.8, 4) is 0 Å². The van der Waals surface area contributed by atoms with Crippen LogP contribution in [-0.2, 0) is 0 Å². The molecule has 1 unspecified atom stereocenters. The van der Waals surface area contributed by atoms with Gasteiger partial charge in [-0.3, -0.25) is 4.79 Å². The average Bonchev–Trinajstić information content (AvgIpc) is 2.95. The van der Waals surface area contributed by atoms with E-state index in [-0.39, 0.29) is 5.91 Å². The fourth-order valence-corrected chi connectivity index (χ4v) is 4.47. The summed E-state index contributed by atoms with van der Waals surface area (Å²) in [5.41, 5.74) is 7.23. The molecule has 2 fully saturated rings. The number of benzene rings is 1. The summed E-state index contributed by atoms with van der Waals surface area (Å²) in [6.07, 6.45) is 8.89. The number of hydrogen-bond donors (Lipinski definition) is 1. The van der Waals surface area contributed by atoms with Crippen molar-refractivity contribution in [1.29, 1.82) is 0 Å². The molecule has 3 nitrogen and oxygen atoms in total. The first-order valence-electron chi connectivity index (χ1n) is 8.02. The van der Waals surface area contributed by atoms with Gasteiger partial charge in [-0.1, -0.05) is 35.2 Å². The van der Waals surface area contributed by atoms with Gasteiger partial charge in [-0.2, -0.15) is 0 Å². The Hall–Kier alpha value is -1.03. The Labute approximate surface area is 135 Å². The molecular formula is C17H23BrN2O. The van der Waals surface area contributed by atoms with Gasteiger partial charge in [0.1, 0.15) is 0 Å². The zero-order valence-electron chi connectivity index (χ0n) is 12.4. The molecule has 0 spiro atoms. The number of carbonyl (C=O) groups excluding carboxylic acids is 1. The molecule has 1 saturated heterocycles. The lowest BCUT2D eigenvalue weighted by molar-refractivity contribution is 0.0661. The highest BCUT2D eigenvalue weighted by molar-refractivity contribution is 9.10. The van der Waals surface area contributed by atoms with Gasteiger partial charge >= 0.3 is 0 Å². The first-order chi connectivity index (χ1) is 10.1. The molecule has 0 radical (unpaired) electrons. The maximum absolute atomic E-state index is 12.9. The Morgan fingerprint density at radius 1 is 1.10 bits per heavy atom. The largest absolute Gasteiger partial charge is 0.399 e. The molecule has 1 atom stereocenters. The van der Waals surface area contributed by atoms with E-state index < -0.39 is 0 Å². The van der Waals surface area contributed by atoms with E-state index in [1.54, 1.807) is 6.07 Å². The minimum atomic E-state index is 0.149. The van der Waals surface area contributed by atoms with Crippen LogP contribution in [0.2, 0.25) is 0 Å². The number of nitrogens with two attached hydrogens (primary N) is 1. The van der Waals surface area contributed by atoms with Gasteiger partial charge in [0.2, 0.25) is 0 Å². The predicted molar refractivity (Wildman–Crippen MR) is 89.2 cm³/mol. The molecule has 3 rings (SSSR count). The van der Waals surface area contributed by atoms with Crippen LogP contribution in [0, 0.1) is 5.92 Å². The summed E-state index contributed by atoms with van der Waals surface area (Å²) in [6.45, 7) is 0.895. The number of carbonyl (C=O) groups is 1. The summed E-state index contributed by atoms with van der Waals surface area (Å²) in [6, 6.07) is 5.95. The van der Waals surface area contributed by atoms with Crippen LogP contribution in [0.5, 0.6) is 0 Å². The average molecular weight is 351 g/mol. The topological polar surface area (TPSA) is 46.3 Å². The molecule has 2 N–H and O–H groups in total. The molecule has 0 aromatic heterocycles. The molecule has 1 aliphatic carbocycles. The van der Waals surface area contributed by atoms with Crippen molar-refractivity contribution in [2.75, 3.05) is 12.3 Å². The summed E-state index contributed by atoms with van der Waals surface area (Å²) in [7, 11) is 0. The summed E-state index contributed by atoms with van der Waals surface area (Å²) >= 11 is 3.43. The second-order valence-corrected chi connectivity index (χ2v) is 7.30. The number of likely N-dealkylation sites (tertiary alicyclic amines) is 1. The zero-order chi connectivity index (χ0) is 14.8. The van der Waals surface area contributed by atoms with Gasteiger partial charge in [-0.25, -0.2) is 0 Å². The van der Waals surface area contributed by atoms with E-state index in [1.165, 1.54) is 38.5 Å². The van der Waals surface area contributed by atoms with Crippen LogP contribution < -0.4 is 5.73 Å². The summed E-state index contributed by atoms with van der Waals surface area (Å²) in [5, 5.41) is 0. The Morgan fingerprint density at radius 3 is 2.57 bits per heavy atom. The highest BCUT2D eigenvalue weighted by Crippen LogP contribution is 2.35. The van der Waals surface area contributed by atoms with Gasteiger partial charge in [0, 0.05) is 28.3 Å². The lowest BCUT2D eigenvalue weighted by Crippen LogP contribution is -2.40. The van der Waals surface area contributed by atoms with Crippen molar-refractivity contribution in [3.63, 3.8) is 0 Å². The number of rotatable bonds is 2. The third kappa shape index (κ3) is 3.25. The number of amides is 1. The molecule has 1 aliphatic heterocycles. The molecule has 21 heavy (non-hydrogen) atoms. The molecule has 1 aromatic carbocycles. The molecular weight excluding hydrogens is 328 g/mol. The van der Waals surface area contributed by atoms with E-state index in [1.807, 2.05) is 12.1 Å². The summed E-state index contributed by atoms with van der Waals surface area (Å²) in [5.74, 6) is 0.853. The SMILES string of the molecule is Nc1cc(Br)cc(C(=O)N2CCCC2C2CCCCC2)c1. The van der Waals surface area contributed by atoms with Gasteiger partial charge in [0.05, 0.1) is 0 Å². The van der Waals surface area contributed by atoms with Crippen LogP contribution in [0.1, 0.15) is 55.3 Å². The second-order valence-electron chi connectivity index (χ2n) is 6.38. The van der Waals surface area contributed by atoms with Crippen LogP contribution in [0.3, 0.4) is 0 Å². The summed E-state index contributed by atoms with van der Waals surface area (Å²) < 4.78 is 0.874. The van der Waals surface area contributed by atoms with Gasteiger partial charge in [0.15, 0.2) is 0 Å². The molecule has 114 valence electrons. The van der Waals surface area contributed by atoms with E-state index in [0.29, 0.717) is 23.2 Å². The van der Waals surface area contributed by atoms with Crippen LogP contribution >= 0.6 is 15.9 Å². The van der Waals surface area contributed by atoms with Crippen molar-refractivity contribution in [2.24, 2.45) is 5.92 Å². The number of nitrogen functional groups attached to an aromatic ring is 1. The zero-order valence-corrected chi connectivity index (χ0v) is 13.9. The van der Waals surface area contributed by atoms with E-state index in [2.05, 4.69) is 20.8 Å². The maximum atomic E-state index is 12.9. The Balaban J connectivity index is 1.79. The molecule has 4 heteroatoms. The maximum Gasteiger partial charge on any atom is 0.254 e. The fraction of sp³-hybridized carbons (Fsp3) is 0.588. The second kappa shape index (κ2) is 6.39. The monoisotopic (exact) mass is 350 g/mol. The third-order valence-electron chi connectivity index (χ3n) is 4.92. The first kappa shape index (κ1) is 14.9. The number of halogens is 1. The van der Waals surface area contributed by atoms with Crippen LogP contribution in [-0.4, -0.2) is 23.4 Å². The molecule has 1 saturated carbocycles. The van der Waals surface area contributed by atoms with Gasteiger partial charge in [-0.05, 0) is 49.8 Å². The smallest absolute Gasteiger partial charge is 0.254 e. The van der Waals surface area contributed by atoms with Crippen molar-refractivity contribution in [1.82, 2.24) is 4.90 Å². The van der Waals surface area contributed by atoms with E-state index in [0.717, 1.165) is 17.4 Å². The number of anilines is 1. The third-order valence-corrected chi connectivity index (χ3v) is 5.38. The highest BCUT2D eigenvalue weighted by atomic mass is 79.9. The van der Waals surface area contributed by atoms with Crippen molar-refractivity contribution < 1.29 is 4.79 Å². The normalized spacial score (nSPS) is 23.5. The Morgan fingerprint density at radius 2 is 1.86 bits per heavy atom. The Kier molecular flexibility index (Phi) is 4.53. The van der Waals surface area contributed by atoms with Crippen molar-refractivity contribution in [2.45, 2.75) is 51.0 Å². The lowest BCUT2D eigenvalue weighted by atomic mass is 9.83. The first-order valence-corrected chi connectivity index (χ1v) is 8.81. The molecule has 1 aromatic rings. The van der Waals surface area contributed by atoms with Crippen LogP contribution in [0.25, 0.3) is 0 Å². The predicted octanol–water partition coefficient (Wildman–Crippen LogP) is 4.22. The minimum absolute atomic E-state index is 0.149. The molecule has 1 amide bonds. The van der Waals surface area contributed by atoms with Crippen LogP contribution in [0.4, 0.5) is 5.69 Å². The van der Waals surface area contributed by atoms with Crippen LogP contribution in [0.15, 0.2) is 22.7 Å². The summed E-state index contributed by atoms with van der Waals surface area (Å²) in [4.78, 5) is 15.0. The number of nitrogens with zero attached hydrogens (tertiary/aromatic N) is 1. The van der Waals surface area contributed by atoms with Gasteiger partial charge in [-0.15, -0.1) is 0 Å². The van der Waals surface area contributed by atoms with Gasteiger partial charge < -0.3 is 10.6 Å². The lowest BCUT2D eigenvalue weighted by Gasteiger charge is -2.34. The Bertz CT molecular complexity index is 505. The fourth-order valence-electron chi connectivity index (χ4n) is 3.96. The minimum Gasteiger partial charge on any atom is -0.399 e. The van der Waals surface area contributed by atoms with E-state index in [9.17, 15) is 4.79 Å². The standard InChI is InChI=1S/C17H23BrN2O/c18-14-9-13(10-15(19)11-14)17(21)20-8-4-7-16(20)12-5-2-1-3-6-12/h9-12,16H,1-8,19H2. The number of hydrogen-bond acceptors (Lipinski definition) is 2. The highest BCUT2D eigenvalue weighted by Gasteiger charge is 2.35.